The molecule has 1 aliphatic rings. The first-order valence-electron chi connectivity index (χ1n) is 14.2. The number of hydrogen-bond donors (Lipinski definition) is 2. The minimum atomic E-state index is -0.818. The van der Waals surface area contributed by atoms with Crippen molar-refractivity contribution in [3.8, 4) is 6.07 Å². The van der Waals surface area contributed by atoms with Crippen molar-refractivity contribution in [1.29, 1.82) is 5.26 Å². The van der Waals surface area contributed by atoms with Crippen LogP contribution in [-0.4, -0.2) is 30.1 Å². The molecule has 0 saturated carbocycles. The smallest absolute Gasteiger partial charge is 0.338 e. The van der Waals surface area contributed by atoms with Crippen LogP contribution in [0, 0.1) is 11.3 Å². The number of benzene rings is 3. The summed E-state index contributed by atoms with van der Waals surface area (Å²) >= 11 is 1.19. The van der Waals surface area contributed by atoms with Gasteiger partial charge in [0.25, 0.3) is 5.91 Å². The van der Waals surface area contributed by atoms with Gasteiger partial charge in [-0.25, -0.2) is 4.79 Å². The molecular formula is C35H30N4O5S. The third-order valence-corrected chi connectivity index (χ3v) is 7.99. The van der Waals surface area contributed by atoms with E-state index < -0.39 is 17.8 Å². The maximum Gasteiger partial charge on any atom is 0.338 e. The van der Waals surface area contributed by atoms with E-state index in [4.69, 9.17) is 9.15 Å². The van der Waals surface area contributed by atoms with Crippen LogP contribution in [0.1, 0.15) is 35.9 Å². The topological polar surface area (TPSA) is 125 Å². The number of amides is 2. The summed E-state index contributed by atoms with van der Waals surface area (Å²) < 4.78 is 10.7. The van der Waals surface area contributed by atoms with Crippen molar-refractivity contribution in [2.75, 3.05) is 22.6 Å². The number of allylic oxidation sites excluding steroid dienone is 2. The first-order valence-corrected chi connectivity index (χ1v) is 15.2. The molecule has 1 atom stereocenters. The number of nitrogens with zero attached hydrogens (tertiary/aromatic N) is 2. The number of anilines is 3. The molecule has 0 bridgehead atoms. The number of dihydropyridines is 1. The Balaban J connectivity index is 1.40. The van der Waals surface area contributed by atoms with E-state index >= 15 is 0 Å². The van der Waals surface area contributed by atoms with Crippen LogP contribution in [0.3, 0.4) is 0 Å². The normalized spacial score (nSPS) is 14.3. The van der Waals surface area contributed by atoms with E-state index in [1.165, 1.54) is 18.0 Å². The quantitative estimate of drug-likeness (QED) is 0.184. The zero-order chi connectivity index (χ0) is 31.8. The number of carbonyl (C=O) groups is 3. The fourth-order valence-corrected chi connectivity index (χ4v) is 5.90. The van der Waals surface area contributed by atoms with Gasteiger partial charge in [0.2, 0.25) is 5.91 Å². The number of nitrogens with one attached hydrogen (secondary N) is 2. The van der Waals surface area contributed by atoms with Gasteiger partial charge >= 0.3 is 5.97 Å². The summed E-state index contributed by atoms with van der Waals surface area (Å²) in [5.41, 5.74) is 3.32. The molecule has 0 aliphatic carbocycles. The number of esters is 1. The predicted molar refractivity (Wildman–Crippen MR) is 173 cm³/mol. The summed E-state index contributed by atoms with van der Waals surface area (Å²) in [5.74, 6) is -1.47. The summed E-state index contributed by atoms with van der Waals surface area (Å²) in [6.45, 7) is 3.73. The van der Waals surface area contributed by atoms with Gasteiger partial charge in [0, 0.05) is 22.8 Å². The number of thioether (sulfide) groups is 1. The van der Waals surface area contributed by atoms with E-state index in [1.54, 1.807) is 55.1 Å². The molecule has 0 radical (unpaired) electrons. The Morgan fingerprint density at radius 3 is 2.16 bits per heavy atom. The summed E-state index contributed by atoms with van der Waals surface area (Å²) in [6, 6.07) is 30.7. The molecule has 0 spiro atoms. The van der Waals surface area contributed by atoms with Crippen LogP contribution in [-0.2, 0) is 14.3 Å². The summed E-state index contributed by atoms with van der Waals surface area (Å²) in [4.78, 5) is 41.1. The van der Waals surface area contributed by atoms with Gasteiger partial charge in [0.15, 0.2) is 0 Å². The molecule has 2 N–H and O–H groups in total. The average Bonchev–Trinajstić information content (AvgIpc) is 3.60. The molecule has 5 rings (SSSR count). The van der Waals surface area contributed by atoms with Crippen molar-refractivity contribution in [2.24, 2.45) is 0 Å². The second-order valence-electron chi connectivity index (χ2n) is 9.91. The Morgan fingerprint density at radius 2 is 1.60 bits per heavy atom. The predicted octanol–water partition coefficient (Wildman–Crippen LogP) is 6.89. The van der Waals surface area contributed by atoms with Crippen molar-refractivity contribution in [3.05, 3.63) is 137 Å². The highest BCUT2D eigenvalue weighted by Gasteiger charge is 2.37. The summed E-state index contributed by atoms with van der Waals surface area (Å²) in [5, 5.41) is 16.9. The van der Waals surface area contributed by atoms with Crippen LogP contribution in [0.4, 0.5) is 17.1 Å². The molecule has 1 aromatic heterocycles. The van der Waals surface area contributed by atoms with Crippen LogP contribution in [0.2, 0.25) is 0 Å². The summed E-state index contributed by atoms with van der Waals surface area (Å²) in [6.07, 6.45) is 1.49. The Bertz CT molecular complexity index is 1740. The minimum Gasteiger partial charge on any atom is -0.468 e. The molecule has 226 valence electrons. The van der Waals surface area contributed by atoms with Crippen LogP contribution in [0.15, 0.2) is 130 Å². The lowest BCUT2D eigenvalue weighted by Crippen LogP contribution is -2.32. The van der Waals surface area contributed by atoms with E-state index in [-0.39, 0.29) is 23.8 Å². The lowest BCUT2D eigenvalue weighted by molar-refractivity contribution is -0.115. The lowest BCUT2D eigenvalue weighted by Gasteiger charge is -2.29. The third kappa shape index (κ3) is 7.00. The van der Waals surface area contributed by atoms with E-state index in [2.05, 4.69) is 16.7 Å². The molecule has 0 fully saturated rings. The second-order valence-corrected chi connectivity index (χ2v) is 10.9. The Kier molecular flexibility index (Phi) is 9.82. The highest BCUT2D eigenvalue weighted by Crippen LogP contribution is 2.41. The Morgan fingerprint density at radius 1 is 0.956 bits per heavy atom. The lowest BCUT2D eigenvalue weighted by atomic mass is 9.85. The van der Waals surface area contributed by atoms with Gasteiger partial charge in [-0.3, -0.25) is 14.5 Å². The first-order chi connectivity index (χ1) is 21.9. The highest BCUT2D eigenvalue weighted by atomic mass is 32.2. The number of furan rings is 1. The van der Waals surface area contributed by atoms with Gasteiger partial charge in [0.05, 0.1) is 52.3 Å². The maximum absolute atomic E-state index is 13.7. The van der Waals surface area contributed by atoms with Gasteiger partial charge in [0.1, 0.15) is 5.76 Å². The fraction of sp³-hybridized carbons (Fsp3) is 0.143. The summed E-state index contributed by atoms with van der Waals surface area (Å²) in [7, 11) is 0. The van der Waals surface area contributed by atoms with E-state index in [0.717, 1.165) is 11.4 Å². The van der Waals surface area contributed by atoms with Crippen LogP contribution in [0.5, 0.6) is 0 Å². The molecule has 0 unspecified atom stereocenters. The molecule has 9 nitrogen and oxygen atoms in total. The highest BCUT2D eigenvalue weighted by molar-refractivity contribution is 8.03. The van der Waals surface area contributed by atoms with Crippen molar-refractivity contribution < 1.29 is 23.5 Å². The number of nitriles is 1. The van der Waals surface area contributed by atoms with Gasteiger partial charge in [-0.15, -0.1) is 0 Å². The number of hydrogen-bond acceptors (Lipinski definition) is 8. The largest absolute Gasteiger partial charge is 0.468 e. The molecule has 0 saturated heterocycles. The molecular weight excluding hydrogens is 588 g/mol. The molecule has 3 aromatic carbocycles. The number of rotatable bonds is 10. The van der Waals surface area contributed by atoms with Crippen molar-refractivity contribution in [3.63, 3.8) is 0 Å². The molecule has 45 heavy (non-hydrogen) atoms. The van der Waals surface area contributed by atoms with Crippen molar-refractivity contribution >= 4 is 46.6 Å². The maximum atomic E-state index is 13.7. The van der Waals surface area contributed by atoms with E-state index in [0.29, 0.717) is 33.3 Å². The molecule has 10 heteroatoms. The van der Waals surface area contributed by atoms with Crippen LogP contribution < -0.4 is 15.5 Å². The second kappa shape index (κ2) is 14.3. The zero-order valence-corrected chi connectivity index (χ0v) is 25.5. The minimum absolute atomic E-state index is 0.0177. The third-order valence-electron chi connectivity index (χ3n) is 6.99. The fourth-order valence-electron chi connectivity index (χ4n) is 4.96. The van der Waals surface area contributed by atoms with Crippen molar-refractivity contribution in [1.82, 2.24) is 5.32 Å². The Labute approximate surface area is 265 Å². The van der Waals surface area contributed by atoms with Gasteiger partial charge < -0.3 is 19.8 Å². The monoisotopic (exact) mass is 618 g/mol. The van der Waals surface area contributed by atoms with Crippen LogP contribution in [0.25, 0.3) is 0 Å². The SMILES string of the molecule is CCOC(=O)c1ccc(NC(=O)C2=C(C)NC(SCC(=O)N(c3ccccc3)c3ccccc3)=C(C#N)[C@@H]2c2ccco2)cc1. The number of ether oxygens (including phenoxy) is 1. The van der Waals surface area contributed by atoms with Gasteiger partial charge in [-0.1, -0.05) is 48.2 Å². The molecule has 4 aromatic rings. The van der Waals surface area contributed by atoms with E-state index in [9.17, 15) is 19.6 Å². The molecule has 1 aliphatic heterocycles. The zero-order valence-electron chi connectivity index (χ0n) is 24.7. The van der Waals surface area contributed by atoms with Crippen LogP contribution >= 0.6 is 11.8 Å². The van der Waals surface area contributed by atoms with Gasteiger partial charge in [-0.05, 0) is 74.5 Å². The first kappa shape index (κ1) is 30.9. The average molecular weight is 619 g/mol. The Hall–Kier alpha value is -5.53. The number of para-hydroxylation sites is 2. The standard InChI is InChI=1S/C35H30N4O5S/c1-3-43-35(42)24-16-18-25(19-17-24)38-33(41)31-23(2)37-34(28(21-36)32(31)29-15-10-20-44-29)45-22-30(40)39(26-11-6-4-7-12-26)27-13-8-5-9-14-27/h4-20,32,37H,3,22H2,1-2H3,(H,38,41)/t32-/m1/s1. The molecule has 2 amide bonds. The van der Waals surface area contributed by atoms with Gasteiger partial charge in [-0.2, -0.15) is 5.26 Å². The number of carbonyl (C=O) groups excluding carboxylic acids is 3. The van der Waals surface area contributed by atoms with Crippen molar-refractivity contribution in [2.45, 2.75) is 19.8 Å². The van der Waals surface area contributed by atoms with E-state index in [1.807, 2.05) is 60.7 Å². The molecule has 2 heterocycles.